The number of hydrogen-bond donors (Lipinski definition) is 0. The Bertz CT molecular complexity index is 943. The van der Waals surface area contributed by atoms with E-state index in [-0.39, 0.29) is 0 Å². The average Bonchev–Trinajstić information content (AvgIpc) is 3.06. The minimum absolute atomic E-state index is 0.959. The minimum Gasteiger partial charge on any atom is -0.236 e. The number of fused-ring (bicyclic) bond motifs is 1. The Balaban J connectivity index is 1.55. The molecule has 0 unspecified atom stereocenters. The largest absolute Gasteiger partial charge is 0.236 e. The van der Waals surface area contributed by atoms with Crippen LogP contribution < -0.4 is 0 Å². The van der Waals surface area contributed by atoms with E-state index < -0.39 is 0 Å². The van der Waals surface area contributed by atoms with Crippen molar-refractivity contribution >= 4 is 49.2 Å². The second-order valence-electron chi connectivity index (χ2n) is 5.43. The zero-order chi connectivity index (χ0) is 16.4. The van der Waals surface area contributed by atoms with Crippen molar-refractivity contribution in [1.29, 1.82) is 0 Å². The van der Waals surface area contributed by atoms with Crippen LogP contribution >= 0.6 is 39.0 Å². The minimum atomic E-state index is 0.959. The summed E-state index contributed by atoms with van der Waals surface area (Å²) in [4.78, 5) is 6.04. The zero-order valence-electron chi connectivity index (χ0n) is 12.8. The number of thioether (sulfide) groups is 1. The quantitative estimate of drug-likeness (QED) is 0.334. The molecule has 0 aliphatic heterocycles. The van der Waals surface area contributed by atoms with Crippen molar-refractivity contribution in [2.45, 2.75) is 10.6 Å². The summed E-state index contributed by atoms with van der Waals surface area (Å²) < 4.78 is 2.35. The molecule has 1 heterocycles. The summed E-state index contributed by atoms with van der Waals surface area (Å²) >= 11 is 7.08. The summed E-state index contributed by atoms with van der Waals surface area (Å²) in [6, 6.07) is 25.5. The number of benzene rings is 3. The van der Waals surface area contributed by atoms with E-state index in [9.17, 15) is 0 Å². The third-order valence-electron chi connectivity index (χ3n) is 3.69. The van der Waals surface area contributed by atoms with Gasteiger partial charge in [0.05, 0.1) is 10.2 Å². The molecule has 0 radical (unpaired) electrons. The molecule has 0 fully saturated rings. The van der Waals surface area contributed by atoms with Crippen LogP contribution in [0.15, 0.2) is 82.2 Å². The fourth-order valence-electron chi connectivity index (χ4n) is 2.49. The summed E-state index contributed by atoms with van der Waals surface area (Å²) in [5, 5.41) is 1.09. The lowest BCUT2D eigenvalue weighted by molar-refractivity contribution is 1.37. The van der Waals surface area contributed by atoms with Crippen molar-refractivity contribution in [2.24, 2.45) is 0 Å². The monoisotopic (exact) mass is 411 g/mol. The molecule has 0 N–H and O–H groups in total. The number of hydrogen-bond acceptors (Lipinski definition) is 3. The molecule has 24 heavy (non-hydrogen) atoms. The maximum Gasteiger partial charge on any atom is 0.124 e. The van der Waals surface area contributed by atoms with E-state index in [0.29, 0.717) is 0 Å². The Morgan fingerprint density at radius 2 is 1.75 bits per heavy atom. The first-order valence-corrected chi connectivity index (χ1v) is 10.2. The van der Waals surface area contributed by atoms with Crippen LogP contribution in [0.5, 0.6) is 0 Å². The number of para-hydroxylation sites is 1. The standard InChI is InChI=1S/C20H14BrNS2/c21-16-8-10-17(11-9-16)23-13-14-4-3-5-15(12-14)20-22-18-6-1-2-7-19(18)24-20/h1-12H,13H2. The van der Waals surface area contributed by atoms with Crippen LogP contribution in [0.25, 0.3) is 20.8 Å². The summed E-state index contributed by atoms with van der Waals surface area (Å²) in [5.41, 5.74) is 3.59. The van der Waals surface area contributed by atoms with Crippen molar-refractivity contribution < 1.29 is 0 Å². The maximum atomic E-state index is 4.76. The smallest absolute Gasteiger partial charge is 0.124 e. The molecule has 0 spiro atoms. The highest BCUT2D eigenvalue weighted by molar-refractivity contribution is 9.10. The number of rotatable bonds is 4. The number of nitrogens with zero attached hydrogens (tertiary/aromatic N) is 1. The number of halogens is 1. The van der Waals surface area contributed by atoms with Crippen LogP contribution in [0.2, 0.25) is 0 Å². The fraction of sp³-hybridized carbons (Fsp3) is 0.0500. The third-order valence-corrected chi connectivity index (χ3v) is 6.38. The predicted octanol–water partition coefficient (Wildman–Crippen LogP) is 7.02. The van der Waals surface area contributed by atoms with Crippen molar-refractivity contribution in [2.75, 3.05) is 0 Å². The summed E-state index contributed by atoms with van der Waals surface area (Å²) in [5.74, 6) is 0.959. The van der Waals surface area contributed by atoms with Crippen LogP contribution in [-0.2, 0) is 5.75 Å². The van der Waals surface area contributed by atoms with Crippen LogP contribution in [0.1, 0.15) is 5.56 Å². The normalized spacial score (nSPS) is 11.0. The van der Waals surface area contributed by atoms with E-state index in [1.54, 1.807) is 11.3 Å². The molecular weight excluding hydrogens is 398 g/mol. The molecular formula is C20H14BrNS2. The molecule has 0 aliphatic rings. The SMILES string of the molecule is Brc1ccc(SCc2cccc(-c3nc4ccccc4s3)c2)cc1. The highest BCUT2D eigenvalue weighted by atomic mass is 79.9. The van der Waals surface area contributed by atoms with Crippen molar-refractivity contribution in [3.8, 4) is 10.6 Å². The van der Waals surface area contributed by atoms with E-state index in [1.807, 2.05) is 17.8 Å². The molecule has 0 aliphatic carbocycles. The second kappa shape index (κ2) is 7.09. The van der Waals surface area contributed by atoms with Crippen LogP contribution in [0, 0.1) is 0 Å². The topological polar surface area (TPSA) is 12.9 Å². The molecule has 3 aromatic carbocycles. The molecule has 0 saturated carbocycles. The van der Waals surface area contributed by atoms with Crippen molar-refractivity contribution in [3.63, 3.8) is 0 Å². The average molecular weight is 412 g/mol. The van der Waals surface area contributed by atoms with Gasteiger partial charge in [-0.1, -0.05) is 46.3 Å². The van der Waals surface area contributed by atoms with E-state index in [2.05, 4.69) is 82.7 Å². The Morgan fingerprint density at radius 3 is 2.58 bits per heavy atom. The Kier molecular flexibility index (Phi) is 4.69. The molecule has 0 atom stereocenters. The summed E-state index contributed by atoms with van der Waals surface area (Å²) in [6.45, 7) is 0. The van der Waals surface area contributed by atoms with Gasteiger partial charge in [-0.3, -0.25) is 0 Å². The van der Waals surface area contributed by atoms with Gasteiger partial charge in [0.1, 0.15) is 5.01 Å². The van der Waals surface area contributed by atoms with Crippen LogP contribution in [0.3, 0.4) is 0 Å². The van der Waals surface area contributed by atoms with E-state index in [0.717, 1.165) is 20.7 Å². The van der Waals surface area contributed by atoms with Gasteiger partial charge in [0.2, 0.25) is 0 Å². The van der Waals surface area contributed by atoms with Gasteiger partial charge in [-0.2, -0.15) is 0 Å². The fourth-order valence-corrected chi connectivity index (χ4v) is 4.56. The van der Waals surface area contributed by atoms with E-state index in [1.165, 1.54) is 20.7 Å². The highest BCUT2D eigenvalue weighted by Gasteiger charge is 2.06. The first-order valence-electron chi connectivity index (χ1n) is 7.61. The number of thiazole rings is 1. The highest BCUT2D eigenvalue weighted by Crippen LogP contribution is 2.31. The van der Waals surface area contributed by atoms with Crippen molar-refractivity contribution in [3.05, 3.63) is 82.8 Å². The van der Waals surface area contributed by atoms with Gasteiger partial charge >= 0.3 is 0 Å². The van der Waals surface area contributed by atoms with Crippen LogP contribution in [0.4, 0.5) is 0 Å². The van der Waals surface area contributed by atoms with Crippen molar-refractivity contribution in [1.82, 2.24) is 4.98 Å². The van der Waals surface area contributed by atoms with Gasteiger partial charge in [0, 0.05) is 20.7 Å². The molecule has 1 aromatic heterocycles. The third kappa shape index (κ3) is 3.56. The molecule has 0 saturated heterocycles. The van der Waals surface area contributed by atoms with Gasteiger partial charge in [0.25, 0.3) is 0 Å². The first kappa shape index (κ1) is 15.9. The van der Waals surface area contributed by atoms with Gasteiger partial charge in [-0.15, -0.1) is 23.1 Å². The van der Waals surface area contributed by atoms with Gasteiger partial charge in [0.15, 0.2) is 0 Å². The molecule has 4 heteroatoms. The molecule has 118 valence electrons. The summed E-state index contributed by atoms with van der Waals surface area (Å²) in [7, 11) is 0. The molecule has 4 aromatic rings. The Hall–Kier alpha value is -1.62. The lowest BCUT2D eigenvalue weighted by Gasteiger charge is -2.04. The van der Waals surface area contributed by atoms with E-state index in [4.69, 9.17) is 4.98 Å². The first-order chi connectivity index (χ1) is 11.8. The molecule has 0 amide bonds. The Labute approximate surface area is 157 Å². The number of aromatic nitrogens is 1. The zero-order valence-corrected chi connectivity index (χ0v) is 16.0. The van der Waals surface area contributed by atoms with E-state index >= 15 is 0 Å². The Morgan fingerprint density at radius 1 is 0.917 bits per heavy atom. The molecule has 0 bridgehead atoms. The van der Waals surface area contributed by atoms with Gasteiger partial charge in [-0.05, 0) is 48.0 Å². The lowest BCUT2D eigenvalue weighted by Crippen LogP contribution is -1.83. The predicted molar refractivity (Wildman–Crippen MR) is 109 cm³/mol. The van der Waals surface area contributed by atoms with Gasteiger partial charge in [-0.25, -0.2) is 4.98 Å². The van der Waals surface area contributed by atoms with Gasteiger partial charge < -0.3 is 0 Å². The molecule has 4 rings (SSSR count). The maximum absolute atomic E-state index is 4.76. The molecule has 1 nitrogen and oxygen atoms in total. The second-order valence-corrected chi connectivity index (χ2v) is 8.42. The lowest BCUT2D eigenvalue weighted by atomic mass is 10.1. The summed E-state index contributed by atoms with van der Waals surface area (Å²) in [6.07, 6.45) is 0. The van der Waals surface area contributed by atoms with Crippen LogP contribution in [-0.4, -0.2) is 4.98 Å².